The van der Waals surface area contributed by atoms with Gasteiger partial charge in [0.1, 0.15) is 11.8 Å². The van der Waals surface area contributed by atoms with E-state index in [0.29, 0.717) is 11.4 Å². The van der Waals surface area contributed by atoms with Gasteiger partial charge in [0.25, 0.3) is 0 Å². The number of nitrogens with two attached hydrogens (primary N) is 1. The molecule has 0 spiro atoms. The number of nitrogen functional groups attached to an aromatic ring is 1. The van der Waals surface area contributed by atoms with Crippen LogP contribution in [0.3, 0.4) is 0 Å². The van der Waals surface area contributed by atoms with Crippen molar-refractivity contribution in [3.8, 4) is 0 Å². The monoisotopic (exact) mass is 220 g/mol. The molecule has 1 aromatic rings. The van der Waals surface area contributed by atoms with Gasteiger partial charge < -0.3 is 10.5 Å². The van der Waals surface area contributed by atoms with Crippen LogP contribution in [0.4, 0.5) is 11.4 Å². The topological polar surface area (TPSA) is 64.7 Å². The largest absolute Gasteiger partial charge is 0.456 e. The van der Waals surface area contributed by atoms with Crippen molar-refractivity contribution in [2.75, 3.05) is 5.73 Å². The molecule has 0 fully saturated rings. The van der Waals surface area contributed by atoms with E-state index in [-0.39, 0.29) is 0 Å². The van der Waals surface area contributed by atoms with E-state index in [1.807, 2.05) is 20.8 Å². The van der Waals surface area contributed by atoms with E-state index in [4.69, 9.17) is 10.5 Å². The molecular weight excluding hydrogens is 204 g/mol. The van der Waals surface area contributed by atoms with Crippen LogP contribution >= 0.6 is 0 Å². The molecule has 4 nitrogen and oxygen atoms in total. The summed E-state index contributed by atoms with van der Waals surface area (Å²) in [6.07, 6.45) is 1.16. The lowest BCUT2D eigenvalue weighted by molar-refractivity contribution is -0.145. The molecule has 2 N–H and O–H groups in total. The smallest absolute Gasteiger partial charge is 0.349 e. The Kier molecular flexibility index (Phi) is 3.66. The number of benzene rings is 1. The quantitative estimate of drug-likeness (QED) is 0.472. The zero-order chi connectivity index (χ0) is 12.2. The zero-order valence-electron chi connectivity index (χ0n) is 9.73. The van der Waals surface area contributed by atoms with Crippen LogP contribution in [0.5, 0.6) is 0 Å². The van der Waals surface area contributed by atoms with Gasteiger partial charge in [-0.1, -0.05) is 0 Å². The first kappa shape index (κ1) is 12.2. The Hall–Kier alpha value is -1.84. The van der Waals surface area contributed by atoms with Gasteiger partial charge in [-0.25, -0.2) is 9.79 Å². The van der Waals surface area contributed by atoms with Crippen LogP contribution in [0.15, 0.2) is 29.3 Å². The molecule has 0 saturated heterocycles. The van der Waals surface area contributed by atoms with Crippen molar-refractivity contribution in [1.82, 2.24) is 0 Å². The maximum absolute atomic E-state index is 11.3. The maximum atomic E-state index is 11.3. The van der Waals surface area contributed by atoms with E-state index in [9.17, 15) is 4.79 Å². The molecule has 0 saturated carbocycles. The van der Waals surface area contributed by atoms with Gasteiger partial charge in [0.15, 0.2) is 0 Å². The van der Waals surface area contributed by atoms with Gasteiger partial charge in [0.2, 0.25) is 0 Å². The predicted molar refractivity (Wildman–Crippen MR) is 64.9 cm³/mol. The number of aliphatic imine (C=N–C) groups is 1. The Bertz CT molecular complexity index is 388. The molecule has 1 aromatic carbocycles. The Morgan fingerprint density at radius 2 is 1.88 bits per heavy atom. The Labute approximate surface area is 95.1 Å². The van der Waals surface area contributed by atoms with Gasteiger partial charge in [-0.2, -0.15) is 0 Å². The average molecular weight is 220 g/mol. The molecule has 1 rings (SSSR count). The summed E-state index contributed by atoms with van der Waals surface area (Å²) in [5, 5.41) is 0. The van der Waals surface area contributed by atoms with E-state index in [0.717, 1.165) is 6.21 Å². The Morgan fingerprint density at radius 1 is 1.31 bits per heavy atom. The minimum absolute atomic E-state index is 0.454. The SMILES string of the molecule is CC(C)(C)OC(=O)C=Nc1ccc(N)cc1. The molecule has 0 atom stereocenters. The summed E-state index contributed by atoms with van der Waals surface area (Å²) in [4.78, 5) is 15.3. The second-order valence-electron chi connectivity index (χ2n) is 4.38. The Morgan fingerprint density at radius 3 is 2.38 bits per heavy atom. The van der Waals surface area contributed by atoms with E-state index >= 15 is 0 Å². The third-order valence-corrected chi connectivity index (χ3v) is 1.62. The number of ether oxygens (including phenoxy) is 1. The fourth-order valence-electron chi connectivity index (χ4n) is 1.02. The first-order valence-corrected chi connectivity index (χ1v) is 4.99. The minimum atomic E-state index is -0.496. The van der Waals surface area contributed by atoms with E-state index in [2.05, 4.69) is 4.99 Å². The molecule has 0 aliphatic heterocycles. The van der Waals surface area contributed by atoms with Crippen LogP contribution < -0.4 is 5.73 Å². The first-order valence-electron chi connectivity index (χ1n) is 4.99. The number of carbonyl (C=O) groups excluding carboxylic acids is 1. The second-order valence-corrected chi connectivity index (χ2v) is 4.38. The summed E-state index contributed by atoms with van der Waals surface area (Å²) in [7, 11) is 0. The number of esters is 1. The molecule has 0 radical (unpaired) electrons. The summed E-state index contributed by atoms with van der Waals surface area (Å²) in [6, 6.07) is 6.91. The van der Waals surface area contributed by atoms with Crippen molar-refractivity contribution in [3.05, 3.63) is 24.3 Å². The van der Waals surface area contributed by atoms with Gasteiger partial charge in [-0.3, -0.25) is 0 Å². The number of rotatable bonds is 2. The lowest BCUT2D eigenvalue weighted by atomic mass is 10.2. The summed E-state index contributed by atoms with van der Waals surface area (Å²) in [5.74, 6) is -0.454. The first-order chi connectivity index (χ1) is 7.37. The van der Waals surface area contributed by atoms with E-state index in [1.165, 1.54) is 0 Å². The van der Waals surface area contributed by atoms with E-state index < -0.39 is 11.6 Å². The summed E-state index contributed by atoms with van der Waals surface area (Å²) >= 11 is 0. The van der Waals surface area contributed by atoms with Crippen molar-refractivity contribution in [1.29, 1.82) is 0 Å². The molecule has 0 aromatic heterocycles. The zero-order valence-corrected chi connectivity index (χ0v) is 9.73. The van der Waals surface area contributed by atoms with Crippen molar-refractivity contribution in [3.63, 3.8) is 0 Å². The van der Waals surface area contributed by atoms with E-state index in [1.54, 1.807) is 24.3 Å². The van der Waals surface area contributed by atoms with Gasteiger partial charge in [0, 0.05) is 5.69 Å². The molecule has 16 heavy (non-hydrogen) atoms. The number of carbonyl (C=O) groups is 1. The molecule has 0 aliphatic rings. The standard InChI is InChI=1S/C12H16N2O2/c1-12(2,3)16-11(15)8-14-10-6-4-9(13)5-7-10/h4-8H,13H2,1-3H3. The van der Waals surface area contributed by atoms with Crippen LogP contribution in [-0.2, 0) is 9.53 Å². The highest BCUT2D eigenvalue weighted by atomic mass is 16.6. The fraction of sp³-hybridized carbons (Fsp3) is 0.333. The highest BCUT2D eigenvalue weighted by Gasteiger charge is 2.14. The minimum Gasteiger partial charge on any atom is -0.456 e. The molecule has 0 unspecified atom stereocenters. The lowest BCUT2D eigenvalue weighted by Crippen LogP contribution is -2.24. The Balaban J connectivity index is 2.60. The number of nitrogens with zero attached hydrogens (tertiary/aromatic N) is 1. The third-order valence-electron chi connectivity index (χ3n) is 1.62. The van der Waals surface area contributed by atoms with Gasteiger partial charge in [0.05, 0.1) is 5.69 Å². The normalized spacial score (nSPS) is 11.7. The predicted octanol–water partition coefficient (Wildman–Crippen LogP) is 2.31. The molecule has 0 amide bonds. The highest BCUT2D eigenvalue weighted by molar-refractivity contribution is 6.23. The van der Waals surface area contributed by atoms with Crippen molar-refractivity contribution < 1.29 is 9.53 Å². The molecule has 4 heteroatoms. The summed E-state index contributed by atoms with van der Waals surface area (Å²) < 4.78 is 5.07. The highest BCUT2D eigenvalue weighted by Crippen LogP contribution is 2.13. The molecule has 0 aliphatic carbocycles. The third kappa shape index (κ3) is 4.59. The fourth-order valence-corrected chi connectivity index (χ4v) is 1.02. The van der Waals surface area contributed by atoms with Crippen LogP contribution in [0, 0.1) is 0 Å². The van der Waals surface area contributed by atoms with Crippen LogP contribution in [-0.4, -0.2) is 17.8 Å². The van der Waals surface area contributed by atoms with Crippen LogP contribution in [0.25, 0.3) is 0 Å². The lowest BCUT2D eigenvalue weighted by Gasteiger charge is -2.17. The van der Waals surface area contributed by atoms with Crippen LogP contribution in [0.1, 0.15) is 20.8 Å². The van der Waals surface area contributed by atoms with Gasteiger partial charge in [-0.05, 0) is 45.0 Å². The van der Waals surface area contributed by atoms with Crippen molar-refractivity contribution in [2.45, 2.75) is 26.4 Å². The molecule has 0 bridgehead atoms. The number of hydrogen-bond acceptors (Lipinski definition) is 4. The van der Waals surface area contributed by atoms with Crippen molar-refractivity contribution in [2.24, 2.45) is 4.99 Å². The molecule has 0 heterocycles. The maximum Gasteiger partial charge on any atom is 0.349 e. The molecular formula is C12H16N2O2. The molecule has 86 valence electrons. The van der Waals surface area contributed by atoms with Gasteiger partial charge in [-0.15, -0.1) is 0 Å². The summed E-state index contributed by atoms with van der Waals surface area (Å²) in [6.45, 7) is 5.42. The van der Waals surface area contributed by atoms with Gasteiger partial charge >= 0.3 is 5.97 Å². The summed E-state index contributed by atoms with van der Waals surface area (Å²) in [5.41, 5.74) is 6.36. The van der Waals surface area contributed by atoms with Crippen LogP contribution in [0.2, 0.25) is 0 Å². The average Bonchev–Trinajstić information content (AvgIpc) is 2.14. The number of anilines is 1. The van der Waals surface area contributed by atoms with Crippen molar-refractivity contribution >= 4 is 23.6 Å². The number of hydrogen-bond donors (Lipinski definition) is 1. The second kappa shape index (κ2) is 4.79.